The Morgan fingerprint density at radius 1 is 1.05 bits per heavy atom. The molecule has 0 heterocycles. The lowest BCUT2D eigenvalue weighted by Crippen LogP contribution is -2.27. The molecule has 0 aliphatic rings. The normalized spacial score (nSPS) is 11.9. The highest BCUT2D eigenvalue weighted by Crippen LogP contribution is 2.13. The maximum Gasteiger partial charge on any atom is 0.220 e. The lowest BCUT2D eigenvalue weighted by molar-refractivity contribution is -0.121. The molecule has 2 nitrogen and oxygen atoms in total. The van der Waals surface area contributed by atoms with Gasteiger partial charge in [-0.3, -0.25) is 4.79 Å². The van der Waals surface area contributed by atoms with Gasteiger partial charge in [0, 0.05) is 13.0 Å². The van der Waals surface area contributed by atoms with Gasteiger partial charge in [0.15, 0.2) is 0 Å². The van der Waals surface area contributed by atoms with Crippen molar-refractivity contribution < 1.29 is 4.79 Å². The minimum Gasteiger partial charge on any atom is -0.355 e. The lowest BCUT2D eigenvalue weighted by atomic mass is 10.0. The van der Waals surface area contributed by atoms with E-state index in [9.17, 15) is 4.79 Å². The summed E-state index contributed by atoms with van der Waals surface area (Å²) in [6.07, 6.45) is 1.34. The molecule has 2 heteroatoms. The summed E-state index contributed by atoms with van der Waals surface area (Å²) >= 11 is 0. The predicted octanol–water partition coefficient (Wildman–Crippen LogP) is 3.85. The number of benzene rings is 2. The summed E-state index contributed by atoms with van der Waals surface area (Å²) in [4.78, 5) is 11.9. The third kappa shape index (κ3) is 5.07. The molecule has 2 aromatic rings. The summed E-state index contributed by atoms with van der Waals surface area (Å²) in [5, 5.41) is 3.02. The number of amides is 1. The van der Waals surface area contributed by atoms with Crippen LogP contribution in [0.25, 0.3) is 0 Å². The van der Waals surface area contributed by atoms with E-state index in [2.05, 4.69) is 55.6 Å². The summed E-state index contributed by atoms with van der Waals surface area (Å²) in [7, 11) is 0. The molecular formula is C19H23NO. The fraction of sp³-hybridized carbons (Fsp3) is 0.316. The fourth-order valence-electron chi connectivity index (χ4n) is 2.27. The number of aryl methyl sites for hydroxylation is 2. The molecule has 0 spiro atoms. The summed E-state index contributed by atoms with van der Waals surface area (Å²) in [6.45, 7) is 4.90. The van der Waals surface area contributed by atoms with E-state index in [0.717, 1.165) is 6.42 Å². The number of nitrogens with one attached hydrogen (secondary N) is 1. The molecule has 0 radical (unpaired) electrons. The van der Waals surface area contributed by atoms with Crippen LogP contribution in [0.3, 0.4) is 0 Å². The van der Waals surface area contributed by atoms with Crippen LogP contribution in [0, 0.1) is 6.92 Å². The predicted molar refractivity (Wildman–Crippen MR) is 87.4 cm³/mol. The zero-order valence-corrected chi connectivity index (χ0v) is 12.8. The van der Waals surface area contributed by atoms with Gasteiger partial charge in [-0.25, -0.2) is 0 Å². The van der Waals surface area contributed by atoms with Crippen molar-refractivity contribution in [2.75, 3.05) is 6.54 Å². The van der Waals surface area contributed by atoms with Gasteiger partial charge in [-0.2, -0.15) is 0 Å². The van der Waals surface area contributed by atoms with E-state index in [1.54, 1.807) is 0 Å². The zero-order valence-electron chi connectivity index (χ0n) is 12.8. The van der Waals surface area contributed by atoms with Gasteiger partial charge in [0.2, 0.25) is 5.91 Å². The Morgan fingerprint density at radius 2 is 1.71 bits per heavy atom. The number of carbonyl (C=O) groups excluding carboxylic acids is 1. The SMILES string of the molecule is Cc1ccc(CCC(=O)NC[C@H](C)c2ccccc2)cc1. The highest BCUT2D eigenvalue weighted by molar-refractivity contribution is 5.76. The first-order valence-electron chi connectivity index (χ1n) is 7.52. The molecule has 2 aromatic carbocycles. The van der Waals surface area contributed by atoms with Crippen molar-refractivity contribution in [2.24, 2.45) is 0 Å². The molecule has 0 unspecified atom stereocenters. The molecule has 2 rings (SSSR count). The first-order valence-corrected chi connectivity index (χ1v) is 7.52. The van der Waals surface area contributed by atoms with Crippen LogP contribution in [0.4, 0.5) is 0 Å². The van der Waals surface area contributed by atoms with Crippen LogP contribution in [0.5, 0.6) is 0 Å². The molecule has 110 valence electrons. The van der Waals surface area contributed by atoms with Crippen LogP contribution < -0.4 is 5.32 Å². The average molecular weight is 281 g/mol. The maximum atomic E-state index is 11.9. The number of rotatable bonds is 6. The number of hydrogen-bond acceptors (Lipinski definition) is 1. The largest absolute Gasteiger partial charge is 0.355 e. The molecule has 0 fully saturated rings. The van der Waals surface area contributed by atoms with E-state index in [-0.39, 0.29) is 5.91 Å². The van der Waals surface area contributed by atoms with Crippen LogP contribution in [0.15, 0.2) is 54.6 Å². The Kier molecular flexibility index (Phi) is 5.56. The minimum atomic E-state index is 0.123. The van der Waals surface area contributed by atoms with E-state index < -0.39 is 0 Å². The highest BCUT2D eigenvalue weighted by Gasteiger charge is 2.07. The third-order valence-corrected chi connectivity index (χ3v) is 3.74. The summed E-state index contributed by atoms with van der Waals surface area (Å²) in [6, 6.07) is 18.6. The lowest BCUT2D eigenvalue weighted by Gasteiger charge is -2.13. The third-order valence-electron chi connectivity index (χ3n) is 3.74. The van der Waals surface area contributed by atoms with Crippen LogP contribution in [0.1, 0.15) is 36.0 Å². The first-order chi connectivity index (χ1) is 10.1. The second-order valence-electron chi connectivity index (χ2n) is 5.60. The topological polar surface area (TPSA) is 29.1 Å². The Morgan fingerprint density at radius 3 is 2.38 bits per heavy atom. The quantitative estimate of drug-likeness (QED) is 0.856. The van der Waals surface area contributed by atoms with E-state index >= 15 is 0 Å². The van der Waals surface area contributed by atoms with Crippen molar-refractivity contribution in [3.05, 3.63) is 71.3 Å². The molecular weight excluding hydrogens is 258 g/mol. The molecule has 0 saturated heterocycles. The van der Waals surface area contributed by atoms with Gasteiger partial charge in [-0.15, -0.1) is 0 Å². The fourth-order valence-corrected chi connectivity index (χ4v) is 2.27. The van der Waals surface area contributed by atoms with Crippen molar-refractivity contribution in [2.45, 2.75) is 32.6 Å². The van der Waals surface area contributed by atoms with E-state index in [0.29, 0.717) is 18.9 Å². The second-order valence-corrected chi connectivity index (χ2v) is 5.60. The average Bonchev–Trinajstić information content (AvgIpc) is 2.53. The van der Waals surface area contributed by atoms with E-state index in [1.165, 1.54) is 16.7 Å². The summed E-state index contributed by atoms with van der Waals surface area (Å²) in [5.74, 6) is 0.466. The molecule has 21 heavy (non-hydrogen) atoms. The Balaban J connectivity index is 1.73. The molecule has 0 aromatic heterocycles. The molecule has 1 amide bonds. The molecule has 0 saturated carbocycles. The molecule has 0 aliphatic carbocycles. The smallest absolute Gasteiger partial charge is 0.220 e. The first kappa shape index (κ1) is 15.3. The Labute approximate surface area is 127 Å². The van der Waals surface area contributed by atoms with Crippen molar-refractivity contribution in [1.82, 2.24) is 5.32 Å². The molecule has 0 bridgehead atoms. The van der Waals surface area contributed by atoms with Crippen molar-refractivity contribution in [3.8, 4) is 0 Å². The van der Waals surface area contributed by atoms with Crippen molar-refractivity contribution in [3.63, 3.8) is 0 Å². The minimum absolute atomic E-state index is 0.123. The van der Waals surface area contributed by atoms with E-state index in [1.807, 2.05) is 18.2 Å². The van der Waals surface area contributed by atoms with Crippen LogP contribution >= 0.6 is 0 Å². The monoisotopic (exact) mass is 281 g/mol. The molecule has 0 aliphatic heterocycles. The van der Waals surface area contributed by atoms with Crippen molar-refractivity contribution in [1.29, 1.82) is 0 Å². The Hall–Kier alpha value is -2.09. The van der Waals surface area contributed by atoms with E-state index in [4.69, 9.17) is 0 Å². The molecule has 1 atom stereocenters. The number of carbonyl (C=O) groups is 1. The van der Waals surface area contributed by atoms with Gasteiger partial charge in [0.25, 0.3) is 0 Å². The van der Waals surface area contributed by atoms with Crippen molar-refractivity contribution >= 4 is 5.91 Å². The van der Waals surface area contributed by atoms with Crippen LogP contribution in [-0.2, 0) is 11.2 Å². The summed E-state index contributed by atoms with van der Waals surface area (Å²) < 4.78 is 0. The maximum absolute atomic E-state index is 11.9. The number of hydrogen-bond donors (Lipinski definition) is 1. The van der Waals surface area contributed by atoms with Gasteiger partial charge in [0.1, 0.15) is 0 Å². The zero-order chi connectivity index (χ0) is 15.1. The standard InChI is InChI=1S/C19H23NO/c1-15-8-10-17(11-9-15)12-13-19(21)20-14-16(2)18-6-4-3-5-7-18/h3-11,16H,12-14H2,1-2H3,(H,20,21)/t16-/m0/s1. The summed E-state index contributed by atoms with van der Waals surface area (Å²) in [5.41, 5.74) is 3.73. The Bertz CT molecular complexity index is 560. The van der Waals surface area contributed by atoms with Gasteiger partial charge in [-0.1, -0.05) is 67.1 Å². The molecule has 1 N–H and O–H groups in total. The second kappa shape index (κ2) is 7.63. The highest BCUT2D eigenvalue weighted by atomic mass is 16.1. The van der Waals surface area contributed by atoms with Gasteiger partial charge in [-0.05, 0) is 30.4 Å². The van der Waals surface area contributed by atoms with Gasteiger partial charge >= 0.3 is 0 Å². The van der Waals surface area contributed by atoms with Gasteiger partial charge < -0.3 is 5.32 Å². The van der Waals surface area contributed by atoms with Gasteiger partial charge in [0.05, 0.1) is 0 Å². The van der Waals surface area contributed by atoms with Crippen LogP contribution in [0.2, 0.25) is 0 Å². The van der Waals surface area contributed by atoms with Crippen LogP contribution in [-0.4, -0.2) is 12.5 Å².